The summed E-state index contributed by atoms with van der Waals surface area (Å²) in [5.41, 5.74) is 2.01. The number of amides is 2. The molecule has 1 aliphatic rings. The molecule has 1 N–H and O–H groups in total. The molecule has 0 aliphatic carbocycles. The van der Waals surface area contributed by atoms with Gasteiger partial charge in [0, 0.05) is 12.2 Å². The van der Waals surface area contributed by atoms with Gasteiger partial charge in [0.25, 0.3) is 11.8 Å². The molecule has 7 heteroatoms. The van der Waals surface area contributed by atoms with Gasteiger partial charge < -0.3 is 10.1 Å². The van der Waals surface area contributed by atoms with E-state index in [-0.39, 0.29) is 17.3 Å². The zero-order valence-electron chi connectivity index (χ0n) is 16.7. The first kappa shape index (κ1) is 21.6. The summed E-state index contributed by atoms with van der Waals surface area (Å²) >= 11 is 6.13. The number of nitrogens with zero attached hydrogens (tertiary/aromatic N) is 1. The molecule has 0 spiro atoms. The minimum absolute atomic E-state index is 0.0352. The first-order valence-corrected chi connectivity index (χ1v) is 10.2. The zero-order valence-corrected chi connectivity index (χ0v) is 17.4. The number of rotatable bonds is 9. The summed E-state index contributed by atoms with van der Waals surface area (Å²) in [6.07, 6.45) is 2.31. The number of ether oxygens (including phenoxy) is 1. The molecule has 1 aliphatic heterocycles. The quantitative estimate of drug-likeness (QED) is 0.371. The SMILES string of the molecule is CCCCOC(=O)c1ccc(NC2=C(Cl)C(=O)N(CCc3ccccc3)C2=O)cc1. The van der Waals surface area contributed by atoms with Crippen molar-refractivity contribution in [2.75, 3.05) is 18.5 Å². The maximum Gasteiger partial charge on any atom is 0.338 e. The van der Waals surface area contributed by atoms with Gasteiger partial charge in [-0.15, -0.1) is 0 Å². The van der Waals surface area contributed by atoms with E-state index in [0.29, 0.717) is 24.3 Å². The largest absolute Gasteiger partial charge is 0.462 e. The molecule has 0 bridgehead atoms. The average Bonchev–Trinajstić information content (AvgIpc) is 2.96. The van der Waals surface area contributed by atoms with Gasteiger partial charge in [-0.1, -0.05) is 55.3 Å². The van der Waals surface area contributed by atoms with Crippen LogP contribution in [0.4, 0.5) is 5.69 Å². The highest BCUT2D eigenvalue weighted by Crippen LogP contribution is 2.26. The number of hydrogen-bond donors (Lipinski definition) is 1. The minimum Gasteiger partial charge on any atom is -0.462 e. The normalized spacial score (nSPS) is 13.7. The van der Waals surface area contributed by atoms with Gasteiger partial charge in [0.2, 0.25) is 0 Å². The monoisotopic (exact) mass is 426 g/mol. The van der Waals surface area contributed by atoms with Crippen molar-refractivity contribution in [3.63, 3.8) is 0 Å². The van der Waals surface area contributed by atoms with E-state index >= 15 is 0 Å². The number of carbonyl (C=O) groups is 3. The van der Waals surface area contributed by atoms with Gasteiger partial charge in [-0.2, -0.15) is 0 Å². The number of halogens is 1. The van der Waals surface area contributed by atoms with E-state index in [1.54, 1.807) is 24.3 Å². The second-order valence-corrected chi connectivity index (χ2v) is 7.26. The lowest BCUT2D eigenvalue weighted by molar-refractivity contribution is -0.137. The van der Waals surface area contributed by atoms with Crippen LogP contribution >= 0.6 is 11.6 Å². The zero-order chi connectivity index (χ0) is 21.5. The molecule has 2 aromatic rings. The van der Waals surface area contributed by atoms with Crippen molar-refractivity contribution < 1.29 is 19.1 Å². The molecular formula is C23H23ClN2O4. The number of carbonyl (C=O) groups excluding carboxylic acids is 3. The van der Waals surface area contributed by atoms with E-state index in [2.05, 4.69) is 5.32 Å². The minimum atomic E-state index is -0.517. The first-order chi connectivity index (χ1) is 14.5. The van der Waals surface area contributed by atoms with Crippen molar-refractivity contribution in [2.24, 2.45) is 0 Å². The van der Waals surface area contributed by atoms with Crippen LogP contribution in [0.5, 0.6) is 0 Å². The van der Waals surface area contributed by atoms with E-state index in [1.165, 1.54) is 0 Å². The topological polar surface area (TPSA) is 75.7 Å². The van der Waals surface area contributed by atoms with Crippen LogP contribution < -0.4 is 5.32 Å². The maximum absolute atomic E-state index is 12.7. The van der Waals surface area contributed by atoms with Crippen LogP contribution in [0.2, 0.25) is 0 Å². The van der Waals surface area contributed by atoms with Crippen LogP contribution in [0.3, 0.4) is 0 Å². The lowest BCUT2D eigenvalue weighted by Gasteiger charge is -2.15. The predicted octanol–water partition coefficient (Wildman–Crippen LogP) is 4.12. The Balaban J connectivity index is 1.62. The highest BCUT2D eigenvalue weighted by Gasteiger charge is 2.37. The first-order valence-electron chi connectivity index (χ1n) is 9.85. The molecule has 156 valence electrons. The Bertz CT molecular complexity index is 955. The molecule has 0 saturated heterocycles. The fraction of sp³-hybridized carbons (Fsp3) is 0.261. The van der Waals surface area contributed by atoms with E-state index < -0.39 is 17.8 Å². The molecule has 0 unspecified atom stereocenters. The Morgan fingerprint density at radius 3 is 2.40 bits per heavy atom. The Hall–Kier alpha value is -3.12. The predicted molar refractivity (Wildman–Crippen MR) is 115 cm³/mol. The average molecular weight is 427 g/mol. The van der Waals surface area contributed by atoms with Crippen LogP contribution in [-0.4, -0.2) is 35.8 Å². The molecule has 1 heterocycles. The summed E-state index contributed by atoms with van der Waals surface area (Å²) in [6.45, 7) is 2.64. The Kier molecular flexibility index (Phi) is 7.25. The van der Waals surface area contributed by atoms with E-state index in [9.17, 15) is 14.4 Å². The van der Waals surface area contributed by atoms with Crippen molar-refractivity contribution in [1.82, 2.24) is 4.90 Å². The van der Waals surface area contributed by atoms with Crippen LogP contribution in [0.1, 0.15) is 35.7 Å². The van der Waals surface area contributed by atoms with Crippen LogP contribution in [0.15, 0.2) is 65.3 Å². The van der Waals surface area contributed by atoms with Gasteiger partial charge in [-0.05, 0) is 42.7 Å². The van der Waals surface area contributed by atoms with Crippen LogP contribution in [0.25, 0.3) is 0 Å². The number of unbranched alkanes of at least 4 members (excludes halogenated alkanes) is 1. The Morgan fingerprint density at radius 1 is 1.03 bits per heavy atom. The number of hydrogen-bond acceptors (Lipinski definition) is 5. The Morgan fingerprint density at radius 2 is 1.73 bits per heavy atom. The van der Waals surface area contributed by atoms with Gasteiger partial charge in [0.15, 0.2) is 0 Å². The van der Waals surface area contributed by atoms with Crippen molar-refractivity contribution in [3.05, 3.63) is 76.5 Å². The molecule has 30 heavy (non-hydrogen) atoms. The fourth-order valence-electron chi connectivity index (χ4n) is 2.97. The van der Waals surface area contributed by atoms with Crippen molar-refractivity contribution in [3.8, 4) is 0 Å². The fourth-order valence-corrected chi connectivity index (χ4v) is 3.20. The number of nitrogens with one attached hydrogen (secondary N) is 1. The number of anilines is 1. The summed E-state index contributed by atoms with van der Waals surface area (Å²) < 4.78 is 5.17. The lowest BCUT2D eigenvalue weighted by Crippen LogP contribution is -2.34. The highest BCUT2D eigenvalue weighted by atomic mass is 35.5. The smallest absolute Gasteiger partial charge is 0.338 e. The highest BCUT2D eigenvalue weighted by molar-refractivity contribution is 6.48. The summed E-state index contributed by atoms with van der Waals surface area (Å²) in [7, 11) is 0. The van der Waals surface area contributed by atoms with Crippen molar-refractivity contribution >= 4 is 35.1 Å². The summed E-state index contributed by atoms with van der Waals surface area (Å²) in [5.74, 6) is -1.38. The van der Waals surface area contributed by atoms with Gasteiger partial charge in [-0.3, -0.25) is 14.5 Å². The number of benzene rings is 2. The second-order valence-electron chi connectivity index (χ2n) is 6.88. The van der Waals surface area contributed by atoms with Gasteiger partial charge in [-0.25, -0.2) is 4.79 Å². The third-order valence-electron chi connectivity index (χ3n) is 4.70. The third-order valence-corrected chi connectivity index (χ3v) is 5.05. The molecule has 0 radical (unpaired) electrons. The van der Waals surface area contributed by atoms with Crippen LogP contribution in [0, 0.1) is 0 Å². The summed E-state index contributed by atoms with van der Waals surface area (Å²) in [4.78, 5) is 38.2. The molecule has 2 aromatic carbocycles. The number of imide groups is 1. The standard InChI is InChI=1S/C23H23ClN2O4/c1-2-3-15-30-23(29)17-9-11-18(12-10-17)25-20-19(24)21(27)26(22(20)28)14-13-16-7-5-4-6-8-16/h4-12,25H,2-3,13-15H2,1H3. The molecule has 2 amide bonds. The van der Waals surface area contributed by atoms with Gasteiger partial charge >= 0.3 is 5.97 Å². The number of esters is 1. The molecule has 0 fully saturated rings. The summed E-state index contributed by atoms with van der Waals surface area (Å²) in [6, 6.07) is 16.1. The van der Waals surface area contributed by atoms with Crippen LogP contribution in [-0.2, 0) is 20.7 Å². The maximum atomic E-state index is 12.7. The molecule has 0 aromatic heterocycles. The molecule has 0 atom stereocenters. The van der Waals surface area contributed by atoms with Gasteiger partial charge in [0.05, 0.1) is 12.2 Å². The van der Waals surface area contributed by atoms with E-state index in [1.807, 2.05) is 37.3 Å². The van der Waals surface area contributed by atoms with Crippen molar-refractivity contribution in [1.29, 1.82) is 0 Å². The van der Waals surface area contributed by atoms with Gasteiger partial charge in [0.1, 0.15) is 10.7 Å². The second kappa shape index (κ2) is 10.1. The Labute approximate surface area is 180 Å². The van der Waals surface area contributed by atoms with Crippen molar-refractivity contribution in [2.45, 2.75) is 26.2 Å². The molecular weight excluding hydrogens is 404 g/mol. The molecule has 3 rings (SSSR count). The lowest BCUT2D eigenvalue weighted by atomic mass is 10.1. The summed E-state index contributed by atoms with van der Waals surface area (Å²) in [5, 5.41) is 2.76. The van der Waals surface area contributed by atoms with E-state index in [0.717, 1.165) is 23.3 Å². The molecule has 0 saturated carbocycles. The third kappa shape index (κ3) is 5.07. The molecule has 6 nitrogen and oxygen atoms in total. The van der Waals surface area contributed by atoms with E-state index in [4.69, 9.17) is 16.3 Å².